The molecule has 4 aliphatic rings. The normalized spacial score (nSPS) is 30.2. The lowest BCUT2D eigenvalue weighted by Gasteiger charge is -2.64. The zero-order chi connectivity index (χ0) is 24.6. The summed E-state index contributed by atoms with van der Waals surface area (Å²) in [5, 5.41) is 1.11. The Bertz CT molecular complexity index is 1390. The zero-order valence-electron chi connectivity index (χ0n) is 20.0. The molecule has 0 unspecified atom stereocenters. The van der Waals surface area contributed by atoms with E-state index in [0.29, 0.717) is 18.3 Å². The maximum Gasteiger partial charge on any atom is 0.477 e. The van der Waals surface area contributed by atoms with Crippen molar-refractivity contribution in [1.82, 2.24) is 4.72 Å². The van der Waals surface area contributed by atoms with E-state index < -0.39 is 28.7 Å². The SMILES string of the molecule is CC1(C)[C@@H]2C[C@H]3OB([C@H](Cc4coc5ccccc45)NS(=O)(=O)c4ccccc4Cl)O[C@@]3(C)[C@H]1C2. The quantitative estimate of drug-likeness (QED) is 0.456. The van der Waals surface area contributed by atoms with Crippen LogP contribution in [0.25, 0.3) is 11.0 Å². The Labute approximate surface area is 211 Å². The maximum atomic E-state index is 13.5. The van der Waals surface area contributed by atoms with Crippen molar-refractivity contribution in [2.45, 2.75) is 62.6 Å². The summed E-state index contributed by atoms with van der Waals surface area (Å²) in [6, 6.07) is 14.2. The molecule has 2 heterocycles. The summed E-state index contributed by atoms with van der Waals surface area (Å²) < 4.78 is 48.6. The van der Waals surface area contributed by atoms with E-state index in [0.717, 1.165) is 29.4 Å². The third-order valence-corrected chi connectivity index (χ3v) is 10.7. The summed E-state index contributed by atoms with van der Waals surface area (Å²) in [5.74, 6) is 0.309. The van der Waals surface area contributed by atoms with Crippen LogP contribution >= 0.6 is 11.6 Å². The molecule has 7 rings (SSSR count). The van der Waals surface area contributed by atoms with Crippen LogP contribution in [0.4, 0.5) is 0 Å². The first-order valence-electron chi connectivity index (χ1n) is 12.1. The average molecular weight is 514 g/mol. The fourth-order valence-corrected chi connectivity index (χ4v) is 8.36. The Morgan fingerprint density at radius 3 is 2.63 bits per heavy atom. The van der Waals surface area contributed by atoms with Crippen molar-refractivity contribution in [3.8, 4) is 0 Å². The van der Waals surface area contributed by atoms with Crippen LogP contribution in [0.2, 0.25) is 5.02 Å². The summed E-state index contributed by atoms with van der Waals surface area (Å²) in [6.07, 6.45) is 4.03. The van der Waals surface area contributed by atoms with Crippen molar-refractivity contribution in [3.05, 3.63) is 65.4 Å². The number of para-hydroxylation sites is 1. The zero-order valence-corrected chi connectivity index (χ0v) is 21.6. The van der Waals surface area contributed by atoms with Gasteiger partial charge in [0.25, 0.3) is 0 Å². The molecule has 35 heavy (non-hydrogen) atoms. The molecule has 3 saturated carbocycles. The molecule has 3 aliphatic carbocycles. The molecule has 1 aromatic heterocycles. The van der Waals surface area contributed by atoms with E-state index in [1.54, 1.807) is 24.5 Å². The number of furan rings is 1. The van der Waals surface area contributed by atoms with Gasteiger partial charge < -0.3 is 13.7 Å². The Morgan fingerprint density at radius 2 is 1.86 bits per heavy atom. The lowest BCUT2D eigenvalue weighted by atomic mass is 9.43. The Hall–Kier alpha value is -1.84. The minimum Gasteiger partial charge on any atom is -0.464 e. The number of nitrogens with one attached hydrogen (secondary N) is 1. The van der Waals surface area contributed by atoms with Crippen LogP contribution in [0.3, 0.4) is 0 Å². The first kappa shape index (κ1) is 23.6. The molecule has 3 aromatic rings. The highest BCUT2D eigenvalue weighted by Crippen LogP contribution is 2.65. The van der Waals surface area contributed by atoms with Crippen LogP contribution in [-0.4, -0.2) is 33.2 Å². The summed E-state index contributed by atoms with van der Waals surface area (Å²) in [7, 11) is -4.67. The van der Waals surface area contributed by atoms with Gasteiger partial charge in [-0.1, -0.05) is 55.8 Å². The molecule has 9 heteroatoms. The molecule has 5 atom stereocenters. The summed E-state index contributed by atoms with van der Waals surface area (Å²) in [4.78, 5) is 0.0359. The second kappa shape index (κ2) is 8.08. The van der Waals surface area contributed by atoms with E-state index in [1.165, 1.54) is 6.07 Å². The molecule has 0 radical (unpaired) electrons. The Kier molecular flexibility index (Phi) is 5.44. The predicted molar refractivity (Wildman–Crippen MR) is 136 cm³/mol. The van der Waals surface area contributed by atoms with Crippen molar-refractivity contribution >= 4 is 39.7 Å². The lowest BCUT2D eigenvalue weighted by Crippen LogP contribution is -2.65. The molecular formula is C26H29BClNO5S. The van der Waals surface area contributed by atoms with Gasteiger partial charge in [-0.2, -0.15) is 0 Å². The highest BCUT2D eigenvalue weighted by molar-refractivity contribution is 7.89. The van der Waals surface area contributed by atoms with Crippen LogP contribution in [-0.2, 0) is 25.8 Å². The third kappa shape index (κ3) is 3.68. The molecule has 2 aromatic carbocycles. The van der Waals surface area contributed by atoms with Gasteiger partial charge in [0, 0.05) is 5.39 Å². The van der Waals surface area contributed by atoms with Gasteiger partial charge in [-0.25, -0.2) is 13.1 Å². The monoisotopic (exact) mass is 513 g/mol. The molecule has 0 amide bonds. The summed E-state index contributed by atoms with van der Waals surface area (Å²) >= 11 is 6.25. The van der Waals surface area contributed by atoms with Gasteiger partial charge in [0.2, 0.25) is 10.0 Å². The molecule has 1 saturated heterocycles. The largest absolute Gasteiger partial charge is 0.477 e. The topological polar surface area (TPSA) is 77.8 Å². The summed E-state index contributed by atoms with van der Waals surface area (Å²) in [6.45, 7) is 6.74. The van der Waals surface area contributed by atoms with Gasteiger partial charge in [-0.3, -0.25) is 0 Å². The van der Waals surface area contributed by atoms with Gasteiger partial charge in [0.05, 0.1) is 28.9 Å². The smallest absolute Gasteiger partial charge is 0.464 e. The van der Waals surface area contributed by atoms with Crippen molar-refractivity contribution < 1.29 is 22.1 Å². The standard InChI is InChI=1S/C26H29BClNO5S/c1-25(2)17-13-22(25)26(3)23(14-17)33-27(34-26)24(12-16-15-32-20-10-6-4-8-18(16)20)29-35(30,31)21-11-7-5-9-19(21)28/h4-11,15,17,22-24,29H,12-14H2,1-3H3/t17-,22-,23+,24-,26-/m0/s1. The highest BCUT2D eigenvalue weighted by Gasteiger charge is 2.68. The van der Waals surface area contributed by atoms with Crippen LogP contribution in [0.5, 0.6) is 0 Å². The predicted octanol–water partition coefficient (Wildman–Crippen LogP) is 5.24. The third-order valence-electron chi connectivity index (χ3n) is 8.73. The van der Waals surface area contributed by atoms with Crippen LogP contribution in [0.1, 0.15) is 39.2 Å². The number of benzene rings is 2. The van der Waals surface area contributed by atoms with Gasteiger partial charge in [-0.05, 0) is 67.2 Å². The molecule has 6 nitrogen and oxygen atoms in total. The number of hydrogen-bond acceptors (Lipinski definition) is 5. The average Bonchev–Trinajstić information content (AvgIpc) is 3.39. The van der Waals surface area contributed by atoms with E-state index in [9.17, 15) is 8.42 Å². The molecule has 1 N–H and O–H groups in total. The molecule has 2 bridgehead atoms. The van der Waals surface area contributed by atoms with Crippen LogP contribution in [0, 0.1) is 17.3 Å². The van der Waals surface area contributed by atoms with Gasteiger partial charge in [0.15, 0.2) is 0 Å². The second-order valence-corrected chi connectivity index (χ2v) is 13.0. The Morgan fingerprint density at radius 1 is 1.11 bits per heavy atom. The summed E-state index contributed by atoms with van der Waals surface area (Å²) in [5.41, 5.74) is 1.39. The number of hydrogen-bond donors (Lipinski definition) is 1. The van der Waals surface area contributed by atoms with Gasteiger partial charge in [-0.15, -0.1) is 0 Å². The van der Waals surface area contributed by atoms with Gasteiger partial charge >= 0.3 is 7.12 Å². The molecule has 4 fully saturated rings. The van der Waals surface area contributed by atoms with Crippen molar-refractivity contribution in [1.29, 1.82) is 0 Å². The minimum absolute atomic E-state index is 0.0359. The molecule has 1 aliphatic heterocycles. The highest BCUT2D eigenvalue weighted by atomic mass is 35.5. The number of fused-ring (bicyclic) bond motifs is 1. The minimum atomic E-state index is -3.94. The molecule has 0 spiro atoms. The van der Waals surface area contributed by atoms with Crippen LogP contribution < -0.4 is 4.72 Å². The molecular weight excluding hydrogens is 485 g/mol. The Balaban J connectivity index is 1.35. The van der Waals surface area contributed by atoms with Crippen molar-refractivity contribution in [2.75, 3.05) is 0 Å². The second-order valence-electron chi connectivity index (χ2n) is 11.0. The van der Waals surface area contributed by atoms with E-state index >= 15 is 0 Å². The fourth-order valence-electron chi connectivity index (χ4n) is 6.62. The van der Waals surface area contributed by atoms with Crippen LogP contribution in [0.15, 0.2) is 64.1 Å². The van der Waals surface area contributed by atoms with Gasteiger partial charge in [0.1, 0.15) is 10.5 Å². The van der Waals surface area contributed by atoms with E-state index in [-0.39, 0.29) is 21.4 Å². The number of rotatable bonds is 6. The van der Waals surface area contributed by atoms with Crippen molar-refractivity contribution in [3.63, 3.8) is 0 Å². The van der Waals surface area contributed by atoms with Crippen molar-refractivity contribution in [2.24, 2.45) is 17.3 Å². The van der Waals surface area contributed by atoms with E-state index in [1.807, 2.05) is 24.3 Å². The first-order chi connectivity index (χ1) is 16.6. The number of sulfonamides is 1. The first-order valence-corrected chi connectivity index (χ1v) is 14.0. The fraction of sp³-hybridized carbons (Fsp3) is 0.462. The number of halogens is 1. The lowest BCUT2D eigenvalue weighted by molar-refractivity contribution is -0.199. The maximum absolute atomic E-state index is 13.5. The molecule has 184 valence electrons. The van der Waals surface area contributed by atoms with E-state index in [4.69, 9.17) is 25.3 Å². The van der Waals surface area contributed by atoms with E-state index in [2.05, 4.69) is 25.5 Å².